The maximum atomic E-state index is 13.8. The molecule has 0 aromatic heterocycles. The van der Waals surface area contributed by atoms with Crippen molar-refractivity contribution >= 4 is 11.4 Å². The molecule has 0 saturated heterocycles. The van der Waals surface area contributed by atoms with E-state index >= 15 is 0 Å². The number of anilines is 2. The summed E-state index contributed by atoms with van der Waals surface area (Å²) in [5.74, 6) is 0.139. The number of halogens is 1. The van der Waals surface area contributed by atoms with Crippen LogP contribution in [0.1, 0.15) is 33.6 Å². The molecule has 3 N–H and O–H groups in total. The molecule has 1 rings (SSSR count). The van der Waals surface area contributed by atoms with Crippen LogP contribution in [0.5, 0.6) is 5.75 Å². The van der Waals surface area contributed by atoms with Crippen molar-refractivity contribution in [2.45, 2.75) is 39.2 Å². The first-order valence-corrected chi connectivity index (χ1v) is 5.87. The van der Waals surface area contributed by atoms with Crippen LogP contribution in [0.15, 0.2) is 12.1 Å². The topological polar surface area (TPSA) is 47.3 Å². The predicted molar refractivity (Wildman–Crippen MR) is 70.0 cm³/mol. The SMILES string of the molecule is CCC(C)(CC)Nc1cc(OC)c(N)cc1F. The lowest BCUT2D eigenvalue weighted by atomic mass is 9.95. The Balaban J connectivity index is 3.06. The minimum absolute atomic E-state index is 0.123. The molecular weight excluding hydrogens is 219 g/mol. The van der Waals surface area contributed by atoms with E-state index in [1.54, 1.807) is 6.07 Å². The summed E-state index contributed by atoms with van der Waals surface area (Å²) in [6, 6.07) is 2.89. The Hall–Kier alpha value is -1.45. The minimum Gasteiger partial charge on any atom is -0.495 e. The molecule has 0 unspecified atom stereocenters. The number of methoxy groups -OCH3 is 1. The summed E-state index contributed by atoms with van der Waals surface area (Å²) in [7, 11) is 1.52. The van der Waals surface area contributed by atoms with Crippen molar-refractivity contribution in [2.24, 2.45) is 0 Å². The van der Waals surface area contributed by atoms with Gasteiger partial charge in [-0.1, -0.05) is 13.8 Å². The number of hydrogen-bond acceptors (Lipinski definition) is 3. The second-order valence-corrected chi connectivity index (χ2v) is 4.47. The summed E-state index contributed by atoms with van der Waals surface area (Å²) in [5.41, 5.74) is 6.26. The number of ether oxygens (including phenoxy) is 1. The Morgan fingerprint density at radius 2 is 1.94 bits per heavy atom. The molecular formula is C13H21FN2O. The van der Waals surface area contributed by atoms with Crippen LogP contribution < -0.4 is 15.8 Å². The van der Waals surface area contributed by atoms with E-state index in [-0.39, 0.29) is 11.4 Å². The average molecular weight is 240 g/mol. The summed E-state index contributed by atoms with van der Waals surface area (Å²) < 4.78 is 18.9. The van der Waals surface area contributed by atoms with Crippen LogP contribution in [0.3, 0.4) is 0 Å². The summed E-state index contributed by atoms with van der Waals surface area (Å²) in [5, 5.41) is 3.21. The van der Waals surface area contributed by atoms with Crippen molar-refractivity contribution in [1.29, 1.82) is 0 Å². The van der Waals surface area contributed by atoms with Crippen LogP contribution in [0.2, 0.25) is 0 Å². The van der Waals surface area contributed by atoms with E-state index in [9.17, 15) is 4.39 Å². The van der Waals surface area contributed by atoms with Crippen LogP contribution in [-0.2, 0) is 0 Å². The van der Waals surface area contributed by atoms with Gasteiger partial charge in [0.2, 0.25) is 0 Å². The predicted octanol–water partition coefficient (Wildman–Crippen LogP) is 3.41. The summed E-state index contributed by atoms with van der Waals surface area (Å²) in [4.78, 5) is 0. The fourth-order valence-electron chi connectivity index (χ4n) is 1.59. The number of nitrogen functional groups attached to an aromatic ring is 1. The van der Waals surface area contributed by atoms with E-state index < -0.39 is 0 Å². The number of hydrogen-bond donors (Lipinski definition) is 2. The van der Waals surface area contributed by atoms with Gasteiger partial charge in [-0.25, -0.2) is 4.39 Å². The Morgan fingerprint density at radius 1 is 1.35 bits per heavy atom. The zero-order chi connectivity index (χ0) is 13.1. The van der Waals surface area contributed by atoms with E-state index in [1.165, 1.54) is 13.2 Å². The molecule has 0 heterocycles. The largest absolute Gasteiger partial charge is 0.495 e. The standard InChI is InChI=1S/C13H21FN2O/c1-5-13(3,6-2)16-11-8-12(17-4)10(15)7-9(11)14/h7-8,16H,5-6,15H2,1-4H3. The van der Waals surface area contributed by atoms with Crippen molar-refractivity contribution in [3.63, 3.8) is 0 Å². The fourth-order valence-corrected chi connectivity index (χ4v) is 1.59. The molecule has 0 aliphatic rings. The molecule has 17 heavy (non-hydrogen) atoms. The van der Waals surface area contributed by atoms with E-state index in [4.69, 9.17) is 10.5 Å². The van der Waals surface area contributed by atoms with Gasteiger partial charge in [-0.05, 0) is 19.8 Å². The molecule has 1 aromatic carbocycles. The van der Waals surface area contributed by atoms with Gasteiger partial charge in [0.1, 0.15) is 11.6 Å². The van der Waals surface area contributed by atoms with Gasteiger partial charge in [-0.3, -0.25) is 0 Å². The number of benzene rings is 1. The van der Waals surface area contributed by atoms with Crippen LogP contribution in [0.4, 0.5) is 15.8 Å². The smallest absolute Gasteiger partial charge is 0.148 e. The van der Waals surface area contributed by atoms with Gasteiger partial charge in [-0.2, -0.15) is 0 Å². The van der Waals surface area contributed by atoms with E-state index in [1.807, 2.05) is 0 Å². The van der Waals surface area contributed by atoms with E-state index in [0.29, 0.717) is 17.1 Å². The monoisotopic (exact) mass is 240 g/mol. The Bertz CT molecular complexity index is 389. The molecule has 3 nitrogen and oxygen atoms in total. The van der Waals surface area contributed by atoms with Gasteiger partial charge in [0.05, 0.1) is 18.5 Å². The second kappa shape index (κ2) is 5.25. The van der Waals surface area contributed by atoms with Gasteiger partial charge >= 0.3 is 0 Å². The minimum atomic E-state index is -0.351. The lowest BCUT2D eigenvalue weighted by molar-refractivity contribution is 0.415. The van der Waals surface area contributed by atoms with Crippen molar-refractivity contribution in [1.82, 2.24) is 0 Å². The number of nitrogens with one attached hydrogen (secondary N) is 1. The first kappa shape index (κ1) is 13.6. The van der Waals surface area contributed by atoms with Gasteiger partial charge < -0.3 is 15.8 Å². The van der Waals surface area contributed by atoms with Crippen molar-refractivity contribution < 1.29 is 9.13 Å². The molecule has 96 valence electrons. The highest BCUT2D eigenvalue weighted by Gasteiger charge is 2.21. The Labute approximate surface area is 102 Å². The second-order valence-electron chi connectivity index (χ2n) is 4.47. The van der Waals surface area contributed by atoms with Gasteiger partial charge in [-0.15, -0.1) is 0 Å². The fraction of sp³-hybridized carbons (Fsp3) is 0.538. The van der Waals surface area contributed by atoms with Gasteiger partial charge in [0.25, 0.3) is 0 Å². The zero-order valence-corrected chi connectivity index (χ0v) is 10.9. The Morgan fingerprint density at radius 3 is 2.41 bits per heavy atom. The van der Waals surface area contributed by atoms with Crippen LogP contribution in [0, 0.1) is 5.82 Å². The molecule has 0 atom stereocenters. The lowest BCUT2D eigenvalue weighted by Crippen LogP contribution is -2.33. The molecule has 0 aliphatic carbocycles. The highest BCUT2D eigenvalue weighted by atomic mass is 19.1. The summed E-state index contributed by atoms with van der Waals surface area (Å²) in [6.07, 6.45) is 1.82. The molecule has 0 radical (unpaired) electrons. The zero-order valence-electron chi connectivity index (χ0n) is 10.9. The maximum absolute atomic E-state index is 13.8. The van der Waals surface area contributed by atoms with Crippen LogP contribution in [-0.4, -0.2) is 12.6 Å². The number of nitrogens with two attached hydrogens (primary N) is 1. The van der Waals surface area contributed by atoms with Crippen LogP contribution >= 0.6 is 0 Å². The third-order valence-electron chi connectivity index (χ3n) is 3.32. The quantitative estimate of drug-likeness (QED) is 0.775. The molecule has 0 bridgehead atoms. The maximum Gasteiger partial charge on any atom is 0.148 e. The van der Waals surface area contributed by atoms with Crippen molar-refractivity contribution in [3.05, 3.63) is 17.9 Å². The molecule has 0 amide bonds. The molecule has 0 fully saturated rings. The summed E-state index contributed by atoms with van der Waals surface area (Å²) in [6.45, 7) is 6.21. The summed E-state index contributed by atoms with van der Waals surface area (Å²) >= 11 is 0. The number of rotatable bonds is 5. The molecule has 4 heteroatoms. The first-order chi connectivity index (χ1) is 7.95. The molecule has 0 spiro atoms. The van der Waals surface area contributed by atoms with E-state index in [2.05, 4.69) is 26.1 Å². The van der Waals surface area contributed by atoms with Crippen molar-refractivity contribution in [3.8, 4) is 5.75 Å². The average Bonchev–Trinajstić information content (AvgIpc) is 2.32. The molecule has 0 aliphatic heterocycles. The highest BCUT2D eigenvalue weighted by Crippen LogP contribution is 2.31. The third kappa shape index (κ3) is 3.02. The highest BCUT2D eigenvalue weighted by molar-refractivity contribution is 5.62. The Kier molecular flexibility index (Phi) is 4.21. The van der Waals surface area contributed by atoms with Crippen LogP contribution in [0.25, 0.3) is 0 Å². The lowest BCUT2D eigenvalue weighted by Gasteiger charge is -2.30. The third-order valence-corrected chi connectivity index (χ3v) is 3.32. The van der Waals surface area contributed by atoms with Gasteiger partial charge in [0, 0.05) is 17.7 Å². The molecule has 1 aromatic rings. The van der Waals surface area contributed by atoms with Crippen molar-refractivity contribution in [2.75, 3.05) is 18.2 Å². The first-order valence-electron chi connectivity index (χ1n) is 5.87. The normalized spacial score (nSPS) is 11.4. The van der Waals surface area contributed by atoms with Gasteiger partial charge in [0.15, 0.2) is 0 Å². The molecule has 0 saturated carbocycles. The van der Waals surface area contributed by atoms with E-state index in [0.717, 1.165) is 12.8 Å².